The molecule has 0 radical (unpaired) electrons. The molecule has 2 aliphatic heterocycles. The lowest BCUT2D eigenvalue weighted by molar-refractivity contribution is -0.141. The van der Waals surface area contributed by atoms with Gasteiger partial charge in [-0.05, 0) is 69.6 Å². The molecule has 2 fully saturated rings. The van der Waals surface area contributed by atoms with E-state index in [0.29, 0.717) is 13.0 Å². The molecular weight excluding hydrogens is 540 g/mol. The molecule has 1 aromatic rings. The van der Waals surface area contributed by atoms with E-state index in [1.165, 1.54) is 28.7 Å². The second-order valence-electron chi connectivity index (χ2n) is 13.3. The van der Waals surface area contributed by atoms with E-state index in [9.17, 15) is 19.2 Å². The number of hydrogen-bond donors (Lipinski definition) is 2. The number of amides is 2. The molecule has 2 bridgehead atoms. The number of Topliss-reactive ketones (excluding diaryl/α,β-unsaturated/α-hetero) is 1. The number of nitrogens with one attached hydrogen (secondary N) is 1. The van der Waals surface area contributed by atoms with Crippen LogP contribution in [0.1, 0.15) is 92.3 Å². The van der Waals surface area contributed by atoms with E-state index in [1.807, 2.05) is 34.6 Å². The fourth-order valence-electron chi connectivity index (χ4n) is 6.73. The zero-order chi connectivity index (χ0) is 30.8. The Morgan fingerprint density at radius 1 is 1.12 bits per heavy atom. The van der Waals surface area contributed by atoms with E-state index in [-0.39, 0.29) is 30.1 Å². The number of alkyl carbamates (subject to hydrolysis) is 1. The molecule has 1 saturated carbocycles. The highest BCUT2D eigenvalue weighted by molar-refractivity contribution is 5.92. The van der Waals surface area contributed by atoms with Crippen LogP contribution in [-0.4, -0.2) is 67.6 Å². The van der Waals surface area contributed by atoms with Gasteiger partial charge in [0.2, 0.25) is 5.91 Å². The molecule has 1 saturated heterocycles. The van der Waals surface area contributed by atoms with Crippen LogP contribution in [0.15, 0.2) is 11.0 Å². The van der Waals surface area contributed by atoms with E-state index in [4.69, 9.17) is 15.2 Å². The van der Waals surface area contributed by atoms with Gasteiger partial charge in [0, 0.05) is 12.5 Å². The lowest BCUT2D eigenvalue weighted by atomic mass is 9.85. The van der Waals surface area contributed by atoms with Crippen LogP contribution in [0, 0.1) is 17.3 Å². The molecule has 0 unspecified atom stereocenters. The van der Waals surface area contributed by atoms with Crippen LogP contribution in [-0.2, 0) is 20.9 Å². The Morgan fingerprint density at radius 2 is 1.83 bits per heavy atom. The molecule has 4 rings (SSSR count). The van der Waals surface area contributed by atoms with Gasteiger partial charge in [0.05, 0.1) is 12.6 Å². The summed E-state index contributed by atoms with van der Waals surface area (Å²) in [7, 11) is 0. The Kier molecular flexibility index (Phi) is 9.32. The number of aromatic nitrogens is 3. The summed E-state index contributed by atoms with van der Waals surface area (Å²) in [6, 6.07) is -1.65. The van der Waals surface area contributed by atoms with Gasteiger partial charge in [-0.3, -0.25) is 9.59 Å². The third-order valence-electron chi connectivity index (χ3n) is 9.11. The molecule has 3 N–H and O–H groups in total. The molecule has 42 heavy (non-hydrogen) atoms. The van der Waals surface area contributed by atoms with Crippen LogP contribution in [0.25, 0.3) is 6.08 Å². The van der Waals surface area contributed by atoms with Gasteiger partial charge in [0.25, 0.3) is 0 Å². The topological polar surface area (TPSA) is 159 Å². The molecule has 6 atom stereocenters. The van der Waals surface area contributed by atoms with Crippen LogP contribution in [0.4, 0.5) is 4.79 Å². The summed E-state index contributed by atoms with van der Waals surface area (Å²) in [6.07, 6.45) is 7.43. The van der Waals surface area contributed by atoms with Crippen molar-refractivity contribution in [3.8, 4) is 6.01 Å². The smallest absolute Gasteiger partial charge is 0.408 e. The standard InChI is InChI=1S/C30H46N6O6/c1-18-21-17-36(23(18)19(2)37)25(38)24(29(3,4)5)34-28(40)42-30(6)14-10-12-20(30)11-8-7-9-16-35-26(39)32-22(13-15-31)33-27(35)41-21/h13,15,18,20-21,23-24H,7-12,14,16-17,31H2,1-6H3,(H,34,40)/t18-,20-,21+,23+,24-,30-/m1/s1. The van der Waals surface area contributed by atoms with Crippen molar-refractivity contribution in [2.24, 2.45) is 23.0 Å². The minimum Gasteiger partial charge on any atom is -0.459 e. The number of nitrogens with zero attached hydrogens (tertiary/aromatic N) is 4. The van der Waals surface area contributed by atoms with E-state index < -0.39 is 52.8 Å². The molecular formula is C30H46N6O6. The van der Waals surface area contributed by atoms with Crippen molar-refractivity contribution in [1.29, 1.82) is 0 Å². The first-order valence-electron chi connectivity index (χ1n) is 15.1. The van der Waals surface area contributed by atoms with Crippen LogP contribution >= 0.6 is 0 Å². The van der Waals surface area contributed by atoms with E-state index in [1.54, 1.807) is 0 Å². The lowest BCUT2D eigenvalue weighted by Gasteiger charge is -2.37. The third-order valence-corrected chi connectivity index (χ3v) is 9.11. The van der Waals surface area contributed by atoms with Gasteiger partial charge < -0.3 is 25.4 Å². The average Bonchev–Trinajstić information content (AvgIpc) is 3.41. The van der Waals surface area contributed by atoms with Gasteiger partial charge in [-0.1, -0.05) is 40.5 Å². The SMILES string of the molecule is CC(=O)[C@@H]1[C@H](C)[C@@H]2CN1C(=O)[C@H](C(C)(C)C)NC(=O)O[C@]1(C)CCC[C@H]1CCCCCn1c(nc(C=CN)nc1=O)O2. The van der Waals surface area contributed by atoms with Crippen LogP contribution in [0.5, 0.6) is 6.01 Å². The second kappa shape index (κ2) is 12.4. The van der Waals surface area contributed by atoms with E-state index in [0.717, 1.165) is 38.5 Å². The molecule has 3 heterocycles. The van der Waals surface area contributed by atoms with Crippen molar-refractivity contribution in [3.63, 3.8) is 0 Å². The van der Waals surface area contributed by atoms with Crippen molar-refractivity contribution in [2.45, 2.75) is 117 Å². The number of fused-ring (bicyclic) bond motifs is 4. The predicted molar refractivity (Wildman–Crippen MR) is 156 cm³/mol. The maximum absolute atomic E-state index is 14.1. The quantitative estimate of drug-likeness (QED) is 0.531. The number of ether oxygens (including phenoxy) is 2. The summed E-state index contributed by atoms with van der Waals surface area (Å²) >= 11 is 0. The summed E-state index contributed by atoms with van der Waals surface area (Å²) in [4.78, 5) is 63.4. The maximum Gasteiger partial charge on any atom is 0.408 e. The number of carbonyl (C=O) groups excluding carboxylic acids is 3. The molecule has 3 aliphatic rings. The molecule has 12 nitrogen and oxygen atoms in total. The van der Waals surface area contributed by atoms with Crippen molar-refractivity contribution < 1.29 is 23.9 Å². The van der Waals surface area contributed by atoms with Gasteiger partial charge in [-0.25, -0.2) is 14.2 Å². The molecule has 1 aromatic heterocycles. The predicted octanol–water partition coefficient (Wildman–Crippen LogP) is 3.02. The van der Waals surface area contributed by atoms with Crippen molar-refractivity contribution >= 4 is 23.9 Å². The summed E-state index contributed by atoms with van der Waals surface area (Å²) in [6.45, 7) is 11.3. The van der Waals surface area contributed by atoms with Crippen LogP contribution in [0.2, 0.25) is 0 Å². The molecule has 2 amide bonds. The van der Waals surface area contributed by atoms with Crippen LogP contribution in [0.3, 0.4) is 0 Å². The molecule has 0 spiro atoms. The highest BCUT2D eigenvalue weighted by atomic mass is 16.6. The zero-order valence-electron chi connectivity index (χ0n) is 25.7. The van der Waals surface area contributed by atoms with E-state index >= 15 is 0 Å². The zero-order valence-corrected chi connectivity index (χ0v) is 25.7. The average molecular weight is 587 g/mol. The monoisotopic (exact) mass is 586 g/mol. The summed E-state index contributed by atoms with van der Waals surface area (Å²) in [5.74, 6) is -0.685. The highest BCUT2D eigenvalue weighted by Gasteiger charge is 2.50. The Labute approximate surface area is 247 Å². The minimum atomic E-state index is -0.946. The molecule has 0 aromatic carbocycles. The first kappa shape index (κ1) is 31.5. The van der Waals surface area contributed by atoms with Crippen LogP contribution < -0.4 is 21.5 Å². The first-order valence-corrected chi connectivity index (χ1v) is 15.1. The molecule has 12 heteroatoms. The second-order valence-corrected chi connectivity index (χ2v) is 13.3. The fourth-order valence-corrected chi connectivity index (χ4v) is 6.73. The Morgan fingerprint density at radius 3 is 2.50 bits per heavy atom. The number of carbonyl (C=O) groups is 3. The highest BCUT2D eigenvalue weighted by Crippen LogP contribution is 2.42. The fraction of sp³-hybridized carbons (Fsp3) is 0.733. The van der Waals surface area contributed by atoms with Crippen molar-refractivity contribution in [1.82, 2.24) is 24.8 Å². The van der Waals surface area contributed by atoms with Gasteiger partial charge in [-0.15, -0.1) is 0 Å². The van der Waals surface area contributed by atoms with Gasteiger partial charge in [0.15, 0.2) is 11.6 Å². The molecule has 232 valence electrons. The minimum absolute atomic E-state index is 0.0770. The lowest BCUT2D eigenvalue weighted by Crippen LogP contribution is -2.58. The third kappa shape index (κ3) is 6.62. The summed E-state index contributed by atoms with van der Waals surface area (Å²) in [5, 5.41) is 2.86. The maximum atomic E-state index is 14.1. The van der Waals surface area contributed by atoms with Gasteiger partial charge in [-0.2, -0.15) is 9.97 Å². The Hall–Kier alpha value is -3.44. The van der Waals surface area contributed by atoms with Gasteiger partial charge >= 0.3 is 17.8 Å². The van der Waals surface area contributed by atoms with Crippen molar-refractivity contribution in [2.75, 3.05) is 6.54 Å². The Balaban J connectivity index is 1.75. The van der Waals surface area contributed by atoms with Gasteiger partial charge in [0.1, 0.15) is 17.7 Å². The molecule has 1 aliphatic carbocycles. The summed E-state index contributed by atoms with van der Waals surface area (Å²) in [5.41, 5.74) is 3.72. The number of hydrogen-bond acceptors (Lipinski definition) is 9. The largest absolute Gasteiger partial charge is 0.459 e. The Bertz CT molecular complexity index is 1270. The first-order chi connectivity index (χ1) is 19.7. The van der Waals surface area contributed by atoms with E-state index in [2.05, 4.69) is 15.3 Å². The summed E-state index contributed by atoms with van der Waals surface area (Å²) < 4.78 is 13.8. The number of ketones is 1. The number of nitrogens with two attached hydrogens (primary N) is 1. The van der Waals surface area contributed by atoms with Crippen molar-refractivity contribution in [3.05, 3.63) is 22.5 Å². The normalized spacial score (nSPS) is 31.4. The number of rotatable bonds is 2.